The number of anilines is 1. The highest BCUT2D eigenvalue weighted by molar-refractivity contribution is 6.00. The number of aromatic nitrogens is 4. The second kappa shape index (κ2) is 12.4. The zero-order chi connectivity index (χ0) is 31.0. The predicted octanol–water partition coefficient (Wildman–Crippen LogP) is 4.67. The highest BCUT2D eigenvalue weighted by Crippen LogP contribution is 2.35. The number of likely N-dealkylation sites (N-methyl/N-ethyl adjacent to an activating group) is 1. The van der Waals surface area contributed by atoms with Gasteiger partial charge in [0, 0.05) is 73.9 Å². The van der Waals surface area contributed by atoms with E-state index in [1.54, 1.807) is 30.4 Å². The molecule has 230 valence electrons. The molecule has 0 N–H and O–H groups in total. The lowest BCUT2D eigenvalue weighted by Gasteiger charge is -2.36. The fraction of sp³-hybridized carbons (Fsp3) is 0.406. The van der Waals surface area contributed by atoms with Crippen molar-refractivity contribution in [2.24, 2.45) is 0 Å². The van der Waals surface area contributed by atoms with E-state index >= 15 is 4.39 Å². The fourth-order valence-electron chi connectivity index (χ4n) is 6.07. The molecule has 2 aliphatic rings. The molecule has 4 aromatic rings. The van der Waals surface area contributed by atoms with Gasteiger partial charge in [0.15, 0.2) is 5.82 Å². The number of nitrogens with zero attached hydrogens (tertiary/aromatic N) is 7. The molecule has 0 saturated carbocycles. The van der Waals surface area contributed by atoms with Crippen LogP contribution in [0.15, 0.2) is 48.4 Å². The van der Waals surface area contributed by atoms with E-state index in [1.807, 2.05) is 42.0 Å². The van der Waals surface area contributed by atoms with Crippen molar-refractivity contribution in [2.45, 2.75) is 32.5 Å². The Morgan fingerprint density at radius 1 is 1.14 bits per heavy atom. The molecule has 2 saturated heterocycles. The predicted molar refractivity (Wildman–Crippen MR) is 163 cm³/mol. The highest BCUT2D eigenvalue weighted by atomic mass is 19.1. The van der Waals surface area contributed by atoms with Crippen LogP contribution in [0.25, 0.3) is 32.9 Å². The minimum Gasteiger partial charge on any atom is -0.462 e. The molecule has 0 bridgehead atoms. The minimum atomic E-state index is -0.937. The lowest BCUT2D eigenvalue weighted by molar-refractivity contribution is -0.127. The molecule has 3 aromatic heterocycles. The van der Waals surface area contributed by atoms with Crippen molar-refractivity contribution in [1.82, 2.24) is 29.7 Å². The number of amides is 1. The van der Waals surface area contributed by atoms with Crippen molar-refractivity contribution in [3.05, 3.63) is 59.8 Å². The third-order valence-corrected chi connectivity index (χ3v) is 8.52. The number of hydrogen-bond acceptors (Lipinski definition) is 8. The lowest BCUT2D eigenvalue weighted by atomic mass is 10.00. The van der Waals surface area contributed by atoms with Gasteiger partial charge in [-0.05, 0) is 44.3 Å². The van der Waals surface area contributed by atoms with Gasteiger partial charge in [-0.25, -0.2) is 13.2 Å². The van der Waals surface area contributed by atoms with Crippen molar-refractivity contribution >= 4 is 33.4 Å². The molecule has 6 rings (SSSR count). The van der Waals surface area contributed by atoms with E-state index in [1.165, 1.54) is 6.08 Å². The number of rotatable bonds is 7. The number of halogens is 3. The number of likely N-dealkylation sites (tertiary alicyclic amines) is 1. The zero-order valence-corrected chi connectivity index (χ0v) is 24.9. The Bertz CT molecular complexity index is 1740. The zero-order valence-electron chi connectivity index (χ0n) is 24.9. The molecule has 2 atom stereocenters. The number of alkyl halides is 2. The molecule has 5 heterocycles. The van der Waals surface area contributed by atoms with E-state index in [-0.39, 0.29) is 35.8 Å². The maximum absolute atomic E-state index is 16.5. The summed E-state index contributed by atoms with van der Waals surface area (Å²) in [5.74, 6) is -0.417. The number of hydrogen-bond donors (Lipinski definition) is 0. The largest absolute Gasteiger partial charge is 0.462 e. The highest BCUT2D eigenvalue weighted by Gasteiger charge is 2.31. The smallest absolute Gasteiger partial charge is 0.319 e. The van der Waals surface area contributed by atoms with E-state index in [2.05, 4.69) is 19.9 Å². The molecular weight excluding hydrogens is 571 g/mol. The number of carbonyl (C=O) groups is 1. The standard InChI is InChI=1S/C32H34F3N7O2/c1-19-5-4-6-21-14-36-15-24(26(19)21)28-27(35)29-25(16-37-28)30(39-32(38-29)44-18-23-13-22(34)17-40(23)3)41-9-11-42(12-10-41)31(43)20(2)7-8-33/h4-7,14-16,22-23H,8-13,17-18H2,1-3H3/b20-7+/t22-,23+/m1/s1. The molecular formula is C32H34F3N7O2. The van der Waals surface area contributed by atoms with E-state index < -0.39 is 18.7 Å². The molecule has 0 radical (unpaired) electrons. The first-order valence-electron chi connectivity index (χ1n) is 14.7. The number of pyridine rings is 2. The summed E-state index contributed by atoms with van der Waals surface area (Å²) < 4.78 is 49.3. The van der Waals surface area contributed by atoms with Gasteiger partial charge < -0.3 is 14.5 Å². The van der Waals surface area contributed by atoms with Gasteiger partial charge >= 0.3 is 6.01 Å². The summed E-state index contributed by atoms with van der Waals surface area (Å²) in [7, 11) is 1.84. The first-order valence-corrected chi connectivity index (χ1v) is 14.7. The topological polar surface area (TPSA) is 87.6 Å². The van der Waals surface area contributed by atoms with Crippen LogP contribution in [-0.4, -0.2) is 101 Å². The first kappa shape index (κ1) is 29.7. The number of carbonyl (C=O) groups excluding carboxylic acids is 1. The average Bonchev–Trinajstić information content (AvgIpc) is 3.36. The Morgan fingerprint density at radius 2 is 1.93 bits per heavy atom. The Hall–Kier alpha value is -4.32. The van der Waals surface area contributed by atoms with Gasteiger partial charge in [0.1, 0.15) is 36.5 Å². The van der Waals surface area contributed by atoms with Crippen LogP contribution in [0.4, 0.5) is 19.0 Å². The Labute approximate surface area is 253 Å². The van der Waals surface area contributed by atoms with Gasteiger partial charge in [-0.1, -0.05) is 18.2 Å². The fourth-order valence-corrected chi connectivity index (χ4v) is 6.07. The van der Waals surface area contributed by atoms with Crippen molar-refractivity contribution in [3.8, 4) is 17.3 Å². The van der Waals surface area contributed by atoms with E-state index in [0.717, 1.165) is 16.3 Å². The molecule has 1 aromatic carbocycles. The number of fused-ring (bicyclic) bond motifs is 2. The third-order valence-electron chi connectivity index (χ3n) is 8.52. The van der Waals surface area contributed by atoms with Crippen molar-refractivity contribution in [2.75, 3.05) is 58.0 Å². The van der Waals surface area contributed by atoms with Crippen LogP contribution in [0.3, 0.4) is 0 Å². The van der Waals surface area contributed by atoms with Gasteiger partial charge in [0.05, 0.1) is 5.39 Å². The van der Waals surface area contributed by atoms with Crippen LogP contribution in [0, 0.1) is 12.7 Å². The number of benzene rings is 1. The normalized spacial score (nSPS) is 19.7. The monoisotopic (exact) mass is 605 g/mol. The van der Waals surface area contributed by atoms with Gasteiger partial charge in [-0.2, -0.15) is 9.97 Å². The van der Waals surface area contributed by atoms with E-state index in [4.69, 9.17) is 4.74 Å². The SMILES string of the molecule is C/C(=C\CF)C(=O)N1CCN(c2nc(OC[C@@H]3C[C@@H](F)CN3C)nc3c(F)c(-c4cncc5cccc(C)c45)ncc23)CC1. The summed E-state index contributed by atoms with van der Waals surface area (Å²) in [6, 6.07) is 5.62. The van der Waals surface area contributed by atoms with Crippen LogP contribution < -0.4 is 9.64 Å². The molecule has 44 heavy (non-hydrogen) atoms. The lowest BCUT2D eigenvalue weighted by Crippen LogP contribution is -2.49. The van der Waals surface area contributed by atoms with Gasteiger partial charge in [0.25, 0.3) is 0 Å². The van der Waals surface area contributed by atoms with E-state index in [9.17, 15) is 13.6 Å². The van der Waals surface area contributed by atoms with Gasteiger partial charge in [0.2, 0.25) is 5.91 Å². The summed E-state index contributed by atoms with van der Waals surface area (Å²) in [4.78, 5) is 36.3. The summed E-state index contributed by atoms with van der Waals surface area (Å²) in [5.41, 5.74) is 2.02. The summed E-state index contributed by atoms with van der Waals surface area (Å²) in [5, 5.41) is 2.12. The third kappa shape index (κ3) is 5.66. The second-order valence-electron chi connectivity index (χ2n) is 11.4. The van der Waals surface area contributed by atoms with Gasteiger partial charge in [-0.15, -0.1) is 0 Å². The quantitative estimate of drug-likeness (QED) is 0.281. The minimum absolute atomic E-state index is 0.0216. The summed E-state index contributed by atoms with van der Waals surface area (Å²) in [6.45, 7) is 4.88. The molecule has 0 aliphatic carbocycles. The molecule has 1 amide bonds. The number of aryl methyl sites for hydroxylation is 1. The Balaban J connectivity index is 1.39. The van der Waals surface area contributed by atoms with Crippen LogP contribution in [0.2, 0.25) is 0 Å². The number of piperazine rings is 1. The van der Waals surface area contributed by atoms with Crippen molar-refractivity contribution in [1.29, 1.82) is 0 Å². The van der Waals surface area contributed by atoms with Crippen LogP contribution in [0.5, 0.6) is 6.01 Å². The first-order chi connectivity index (χ1) is 21.2. The molecule has 2 aliphatic heterocycles. The van der Waals surface area contributed by atoms with Crippen LogP contribution in [-0.2, 0) is 4.79 Å². The number of ether oxygens (including phenoxy) is 1. The summed E-state index contributed by atoms with van der Waals surface area (Å²) in [6.07, 6.45) is 5.56. The maximum atomic E-state index is 16.5. The van der Waals surface area contributed by atoms with Crippen LogP contribution in [0.1, 0.15) is 18.9 Å². The molecule has 0 unspecified atom stereocenters. The molecule has 0 spiro atoms. The van der Waals surface area contributed by atoms with E-state index in [0.29, 0.717) is 61.5 Å². The summed E-state index contributed by atoms with van der Waals surface area (Å²) >= 11 is 0. The average molecular weight is 606 g/mol. The molecule has 9 nitrogen and oxygen atoms in total. The molecule has 12 heteroatoms. The second-order valence-corrected chi connectivity index (χ2v) is 11.4. The molecule has 2 fully saturated rings. The Kier molecular flexibility index (Phi) is 8.35. The van der Waals surface area contributed by atoms with Crippen LogP contribution >= 0.6 is 0 Å². The maximum Gasteiger partial charge on any atom is 0.319 e. The number of allylic oxidation sites excluding steroid dienone is 1. The Morgan fingerprint density at radius 3 is 2.66 bits per heavy atom. The van der Waals surface area contributed by atoms with Crippen molar-refractivity contribution in [3.63, 3.8) is 0 Å². The van der Waals surface area contributed by atoms with Gasteiger partial charge in [-0.3, -0.25) is 19.7 Å². The van der Waals surface area contributed by atoms with Crippen molar-refractivity contribution < 1.29 is 22.7 Å².